The fourth-order valence-electron chi connectivity index (χ4n) is 3.66. The number of esters is 1. The minimum atomic E-state index is -0.142. The van der Waals surface area contributed by atoms with E-state index in [0.29, 0.717) is 139 Å². The van der Waals surface area contributed by atoms with E-state index in [2.05, 4.69) is 11.8 Å². The number of rotatable bonds is 40. The molecule has 0 aromatic heterocycles. The van der Waals surface area contributed by atoms with Crippen molar-refractivity contribution < 1.29 is 56.9 Å². The van der Waals surface area contributed by atoms with Gasteiger partial charge in [-0.25, -0.2) is 0 Å². The van der Waals surface area contributed by atoms with E-state index in [1.165, 1.54) is 25.7 Å². The number of unbranched alkanes of at least 4 members (excludes halogenated alkanes) is 5. The van der Waals surface area contributed by atoms with E-state index >= 15 is 0 Å². The Morgan fingerprint density at radius 1 is 0.391 bits per heavy atom. The number of hydrogen-bond donors (Lipinski definition) is 0. The van der Waals surface area contributed by atoms with Crippen molar-refractivity contribution in [2.24, 2.45) is 0 Å². The quantitative estimate of drug-likeness (QED) is 0.0703. The van der Waals surface area contributed by atoms with E-state index in [9.17, 15) is 4.79 Å². The summed E-state index contributed by atoms with van der Waals surface area (Å²) in [5, 5.41) is 0. The predicted molar refractivity (Wildman–Crippen MR) is 176 cm³/mol. The minimum absolute atomic E-state index is 0.142. The van der Waals surface area contributed by atoms with Crippen LogP contribution in [0.5, 0.6) is 0 Å². The molecule has 0 radical (unpaired) electrons. The Morgan fingerprint density at radius 2 is 0.674 bits per heavy atom. The zero-order valence-corrected chi connectivity index (χ0v) is 29.4. The van der Waals surface area contributed by atoms with Crippen molar-refractivity contribution in [2.75, 3.05) is 159 Å². The maximum absolute atomic E-state index is 11.7. The third-order valence-corrected chi connectivity index (χ3v) is 6.26. The van der Waals surface area contributed by atoms with Gasteiger partial charge in [0.05, 0.1) is 132 Å². The van der Waals surface area contributed by atoms with Crippen molar-refractivity contribution in [3.8, 4) is 0 Å². The molecule has 276 valence electrons. The second-order valence-electron chi connectivity index (χ2n) is 10.7. The van der Waals surface area contributed by atoms with Crippen LogP contribution < -0.4 is 0 Å². The molecule has 13 heteroatoms. The summed E-state index contributed by atoms with van der Waals surface area (Å²) >= 11 is 0. The highest BCUT2D eigenvalue weighted by Gasteiger charge is 2.02. The van der Waals surface area contributed by atoms with Crippen LogP contribution in [-0.2, 0) is 56.9 Å². The number of carbonyl (C=O) groups is 1. The lowest BCUT2D eigenvalue weighted by atomic mass is 10.1. The Morgan fingerprint density at radius 3 is 1.00 bits per heavy atom. The summed E-state index contributed by atoms with van der Waals surface area (Å²) in [7, 11) is 4.04. The van der Waals surface area contributed by atoms with Gasteiger partial charge in [-0.2, -0.15) is 0 Å². The van der Waals surface area contributed by atoms with Gasteiger partial charge in [0, 0.05) is 13.0 Å². The summed E-state index contributed by atoms with van der Waals surface area (Å²) in [6.07, 6.45) is 7.43. The maximum atomic E-state index is 11.7. The fraction of sp³-hybridized carbons (Fsp3) is 0.970. The van der Waals surface area contributed by atoms with Gasteiger partial charge in [-0.05, 0) is 20.5 Å². The molecule has 0 saturated carbocycles. The van der Waals surface area contributed by atoms with Gasteiger partial charge in [0.2, 0.25) is 0 Å². The van der Waals surface area contributed by atoms with E-state index < -0.39 is 0 Å². The number of nitrogens with zero attached hydrogens (tertiary/aromatic N) is 1. The van der Waals surface area contributed by atoms with Gasteiger partial charge in [0.1, 0.15) is 6.61 Å². The van der Waals surface area contributed by atoms with Crippen LogP contribution in [0, 0.1) is 0 Å². The lowest BCUT2D eigenvalue weighted by Crippen LogP contribution is -2.19. The predicted octanol–water partition coefficient (Wildman–Crippen LogP) is 3.01. The van der Waals surface area contributed by atoms with Gasteiger partial charge in [-0.15, -0.1) is 0 Å². The van der Waals surface area contributed by atoms with Gasteiger partial charge in [-0.3, -0.25) is 4.79 Å². The molecule has 46 heavy (non-hydrogen) atoms. The van der Waals surface area contributed by atoms with Gasteiger partial charge < -0.3 is 57.0 Å². The smallest absolute Gasteiger partial charge is 0.305 e. The highest BCUT2D eigenvalue weighted by molar-refractivity contribution is 5.69. The van der Waals surface area contributed by atoms with Gasteiger partial charge >= 0.3 is 5.97 Å². The van der Waals surface area contributed by atoms with Crippen LogP contribution in [0.15, 0.2) is 0 Å². The Kier molecular flexibility index (Phi) is 39.4. The first-order valence-electron chi connectivity index (χ1n) is 17.2. The lowest BCUT2D eigenvalue weighted by molar-refractivity contribution is -0.145. The molecule has 0 rings (SSSR count). The van der Waals surface area contributed by atoms with Crippen molar-refractivity contribution in [3.63, 3.8) is 0 Å². The molecule has 0 saturated heterocycles. The van der Waals surface area contributed by atoms with Crippen LogP contribution in [-0.4, -0.2) is 170 Å². The number of ether oxygens (including phenoxy) is 11. The number of likely N-dealkylation sites (N-methyl/N-ethyl adjacent to an activating group) is 1. The van der Waals surface area contributed by atoms with E-state index in [-0.39, 0.29) is 12.6 Å². The molecule has 0 aromatic rings. The van der Waals surface area contributed by atoms with Gasteiger partial charge in [0.15, 0.2) is 0 Å². The Bertz CT molecular complexity index is 589. The van der Waals surface area contributed by atoms with Crippen LogP contribution in [0.3, 0.4) is 0 Å². The van der Waals surface area contributed by atoms with Gasteiger partial charge in [0.25, 0.3) is 0 Å². The molecular formula is C33H67NO12. The second kappa shape index (κ2) is 40.2. The zero-order valence-electron chi connectivity index (χ0n) is 29.4. The molecule has 0 spiro atoms. The van der Waals surface area contributed by atoms with Crippen LogP contribution in [0.1, 0.15) is 51.9 Å². The van der Waals surface area contributed by atoms with E-state index in [0.717, 1.165) is 19.4 Å². The molecule has 0 heterocycles. The summed E-state index contributed by atoms with van der Waals surface area (Å²) in [4.78, 5) is 13.7. The average Bonchev–Trinajstić information content (AvgIpc) is 3.04. The summed E-state index contributed by atoms with van der Waals surface area (Å²) in [6, 6.07) is 0. The van der Waals surface area contributed by atoms with E-state index in [4.69, 9.17) is 52.1 Å². The standard InChI is InChI=1S/C33H67NO12/c1-4-5-6-7-8-9-10-33(35)46-32-31-45-30-29-44-28-27-43-26-25-42-24-23-41-22-21-40-20-19-39-18-17-38-16-15-37-14-13-36-12-11-34(2)3/h4-32H2,1-3H3. The van der Waals surface area contributed by atoms with Crippen LogP contribution in [0.25, 0.3) is 0 Å². The molecule has 0 atom stereocenters. The molecule has 0 N–H and O–H groups in total. The molecule has 13 nitrogen and oxygen atoms in total. The molecular weight excluding hydrogens is 602 g/mol. The monoisotopic (exact) mass is 669 g/mol. The first-order chi connectivity index (χ1) is 22.7. The first-order valence-corrected chi connectivity index (χ1v) is 17.2. The minimum Gasteiger partial charge on any atom is -0.463 e. The SMILES string of the molecule is CCCCCCCCC(=O)OCCOCCOCCOCCOCCOCCOCCOCCOCCOCCOCCN(C)C. The lowest BCUT2D eigenvalue weighted by Gasteiger charge is -2.10. The molecule has 0 aliphatic rings. The average molecular weight is 670 g/mol. The fourth-order valence-corrected chi connectivity index (χ4v) is 3.66. The molecule has 0 aliphatic carbocycles. The molecule has 0 amide bonds. The van der Waals surface area contributed by atoms with Crippen molar-refractivity contribution in [1.29, 1.82) is 0 Å². The van der Waals surface area contributed by atoms with Crippen molar-refractivity contribution >= 4 is 5.97 Å². The third kappa shape index (κ3) is 41.1. The van der Waals surface area contributed by atoms with Crippen LogP contribution >= 0.6 is 0 Å². The molecule has 0 fully saturated rings. The Labute approximate surface area is 279 Å². The normalized spacial score (nSPS) is 11.6. The first kappa shape index (κ1) is 45.0. The van der Waals surface area contributed by atoms with Crippen LogP contribution in [0.4, 0.5) is 0 Å². The highest BCUT2D eigenvalue weighted by Crippen LogP contribution is 2.07. The maximum Gasteiger partial charge on any atom is 0.305 e. The Hall–Kier alpha value is -0.970. The third-order valence-electron chi connectivity index (χ3n) is 6.26. The zero-order chi connectivity index (χ0) is 33.4. The topological polar surface area (TPSA) is 122 Å². The molecule has 0 aromatic carbocycles. The Balaban J connectivity index is 3.09. The van der Waals surface area contributed by atoms with Gasteiger partial charge in [-0.1, -0.05) is 39.0 Å². The summed E-state index contributed by atoms with van der Waals surface area (Å²) < 4.78 is 59.8. The summed E-state index contributed by atoms with van der Waals surface area (Å²) in [5.41, 5.74) is 0. The van der Waals surface area contributed by atoms with E-state index in [1.54, 1.807) is 0 Å². The van der Waals surface area contributed by atoms with Crippen molar-refractivity contribution in [1.82, 2.24) is 4.90 Å². The van der Waals surface area contributed by atoms with E-state index in [1.807, 2.05) is 14.1 Å². The summed E-state index contributed by atoms with van der Waals surface area (Å²) in [5.74, 6) is -0.142. The van der Waals surface area contributed by atoms with Crippen molar-refractivity contribution in [3.05, 3.63) is 0 Å². The molecule has 0 bridgehead atoms. The van der Waals surface area contributed by atoms with Crippen LogP contribution in [0.2, 0.25) is 0 Å². The number of hydrogen-bond acceptors (Lipinski definition) is 13. The van der Waals surface area contributed by atoms with Crippen molar-refractivity contribution in [2.45, 2.75) is 51.9 Å². The molecule has 0 aliphatic heterocycles. The largest absolute Gasteiger partial charge is 0.463 e. The highest BCUT2D eigenvalue weighted by atomic mass is 16.6. The second-order valence-corrected chi connectivity index (χ2v) is 10.7. The summed E-state index contributed by atoms with van der Waals surface area (Å²) in [6.45, 7) is 13.8. The molecule has 0 unspecified atom stereocenters. The number of carbonyl (C=O) groups excluding carboxylic acids is 1.